The molecule has 0 bridgehead atoms. The molecule has 0 saturated heterocycles. The van der Waals surface area contributed by atoms with Crippen LogP contribution in [0.5, 0.6) is 0 Å². The summed E-state index contributed by atoms with van der Waals surface area (Å²) in [6.07, 6.45) is -0.115. The molecule has 0 fully saturated rings. The fourth-order valence-corrected chi connectivity index (χ4v) is 0.275. The summed E-state index contributed by atoms with van der Waals surface area (Å²) in [7, 11) is 1.26. The van der Waals surface area contributed by atoms with Crippen LogP contribution in [0, 0.1) is 0 Å². The summed E-state index contributed by atoms with van der Waals surface area (Å²) < 4.78 is 4.20. The van der Waals surface area contributed by atoms with Gasteiger partial charge < -0.3 is 4.74 Å². The number of esters is 1. The van der Waals surface area contributed by atoms with Gasteiger partial charge in [-0.2, -0.15) is 0 Å². The Balaban J connectivity index is 0. The van der Waals surface area contributed by atoms with Crippen molar-refractivity contribution in [3.63, 3.8) is 0 Å². The zero-order valence-corrected chi connectivity index (χ0v) is 4.93. The maximum atomic E-state index is 10.2. The van der Waals surface area contributed by atoms with E-state index in [1.54, 1.807) is 0 Å². The first-order chi connectivity index (χ1) is 3.66. The first-order valence-corrected chi connectivity index (χ1v) is 2.23. The number of hydrogen-bond acceptors (Lipinski definition) is 3. The number of carbonyl (C=O) groups is 2. The third-order valence-electron chi connectivity index (χ3n) is 0.621. The van der Waals surface area contributed by atoms with E-state index in [1.807, 2.05) is 0 Å². The molecule has 0 amide bonds. The second-order valence-corrected chi connectivity index (χ2v) is 1.45. The predicted molar refractivity (Wildman–Crippen MR) is 35.9 cm³/mol. The summed E-state index contributed by atoms with van der Waals surface area (Å²) >= 11 is 0. The molecule has 0 heterocycles. The quantitative estimate of drug-likeness (QED) is 0.338. The Morgan fingerprint density at radius 1 is 1.44 bits per heavy atom. The van der Waals surface area contributed by atoms with Crippen molar-refractivity contribution in [1.82, 2.24) is 0 Å². The Hall–Kier alpha value is 0.621. The van der Waals surface area contributed by atoms with Crippen LogP contribution in [0.3, 0.4) is 0 Å². The maximum absolute atomic E-state index is 10.2. The molecule has 0 atom stereocenters. The number of ketones is 1. The molecule has 9 heavy (non-hydrogen) atoms. The SMILES string of the molecule is COC(=O)CC(C)=O.[SrH2]. The van der Waals surface area contributed by atoms with Crippen molar-refractivity contribution in [2.45, 2.75) is 13.3 Å². The molecule has 4 heteroatoms. The molecule has 0 rings (SSSR count). The third kappa shape index (κ3) is 8.62. The van der Waals surface area contributed by atoms with E-state index in [1.165, 1.54) is 14.0 Å². The van der Waals surface area contributed by atoms with Crippen molar-refractivity contribution >= 4 is 57.2 Å². The van der Waals surface area contributed by atoms with E-state index in [0.29, 0.717) is 0 Å². The molecule has 0 aromatic rings. The van der Waals surface area contributed by atoms with Gasteiger partial charge in [-0.25, -0.2) is 0 Å². The van der Waals surface area contributed by atoms with Gasteiger partial charge in [0.05, 0.1) is 7.11 Å². The molecule has 0 aromatic heterocycles. The summed E-state index contributed by atoms with van der Waals surface area (Å²) in [6.45, 7) is 1.34. The van der Waals surface area contributed by atoms with Crippen LogP contribution in [-0.2, 0) is 14.3 Å². The van der Waals surface area contributed by atoms with Crippen LogP contribution in [0.25, 0.3) is 0 Å². The molecular weight excluding hydrogens is 196 g/mol. The number of Topliss-reactive ketones (excluding diaryl/α,β-unsaturated/α-hetero) is 1. The number of methoxy groups -OCH3 is 1. The summed E-state index contributed by atoms with van der Waals surface area (Å²) in [6, 6.07) is 0. The zero-order valence-electron chi connectivity index (χ0n) is 4.93. The minimum absolute atomic E-state index is 0. The zero-order chi connectivity index (χ0) is 6.57. The van der Waals surface area contributed by atoms with Crippen LogP contribution < -0.4 is 0 Å². The van der Waals surface area contributed by atoms with Crippen LogP contribution in [0.2, 0.25) is 0 Å². The molecule has 3 nitrogen and oxygen atoms in total. The Morgan fingerprint density at radius 2 is 1.89 bits per heavy atom. The van der Waals surface area contributed by atoms with Gasteiger partial charge in [0.2, 0.25) is 0 Å². The van der Waals surface area contributed by atoms with Gasteiger partial charge in [-0.05, 0) is 6.92 Å². The first kappa shape index (κ1) is 12.3. The van der Waals surface area contributed by atoms with Gasteiger partial charge in [0.1, 0.15) is 12.2 Å². The van der Waals surface area contributed by atoms with Crippen molar-refractivity contribution in [1.29, 1.82) is 0 Å². The van der Waals surface area contributed by atoms with Gasteiger partial charge in [-0.1, -0.05) is 0 Å². The van der Waals surface area contributed by atoms with Crippen LogP contribution >= 0.6 is 0 Å². The van der Waals surface area contributed by atoms with Gasteiger partial charge in [0.15, 0.2) is 0 Å². The Morgan fingerprint density at radius 3 is 2.00 bits per heavy atom. The van der Waals surface area contributed by atoms with Gasteiger partial charge in [0.25, 0.3) is 0 Å². The molecule has 0 aliphatic rings. The van der Waals surface area contributed by atoms with Crippen LogP contribution in [-0.4, -0.2) is 64.3 Å². The molecule has 0 unspecified atom stereocenters. The molecule has 0 aliphatic carbocycles. The fourth-order valence-electron chi connectivity index (χ4n) is 0.275. The molecule has 0 aliphatic heterocycles. The fraction of sp³-hybridized carbons (Fsp3) is 0.600. The average molecular weight is 206 g/mol. The van der Waals surface area contributed by atoms with Crippen molar-refractivity contribution < 1.29 is 14.3 Å². The van der Waals surface area contributed by atoms with Crippen molar-refractivity contribution in [3.05, 3.63) is 0 Å². The molecule has 50 valence electrons. The second kappa shape index (κ2) is 6.74. The Labute approximate surface area is 91.0 Å². The van der Waals surface area contributed by atoms with E-state index >= 15 is 0 Å². The number of carbonyl (C=O) groups excluding carboxylic acids is 2. The second-order valence-electron chi connectivity index (χ2n) is 1.45. The molecular formula is C5H10O3Sr. The van der Waals surface area contributed by atoms with E-state index in [0.717, 1.165) is 0 Å². The van der Waals surface area contributed by atoms with Gasteiger partial charge in [-0.15, -0.1) is 0 Å². The Bertz CT molecular complexity index is 111. The minimum atomic E-state index is -0.475. The van der Waals surface area contributed by atoms with E-state index < -0.39 is 5.97 Å². The van der Waals surface area contributed by atoms with Gasteiger partial charge in [-0.3, -0.25) is 9.59 Å². The number of ether oxygens (including phenoxy) is 1. The monoisotopic (exact) mass is 206 g/mol. The van der Waals surface area contributed by atoms with E-state index in [4.69, 9.17) is 0 Å². The van der Waals surface area contributed by atoms with Crippen LogP contribution in [0.4, 0.5) is 0 Å². The normalized spacial score (nSPS) is 7.33. The molecule has 0 radical (unpaired) electrons. The number of hydrogen-bond donors (Lipinski definition) is 0. The molecule has 0 saturated carbocycles. The van der Waals surface area contributed by atoms with Crippen LogP contribution in [0.1, 0.15) is 13.3 Å². The number of rotatable bonds is 2. The van der Waals surface area contributed by atoms with E-state index in [2.05, 4.69) is 4.74 Å². The topological polar surface area (TPSA) is 43.4 Å². The van der Waals surface area contributed by atoms with E-state index in [-0.39, 0.29) is 57.7 Å². The van der Waals surface area contributed by atoms with Gasteiger partial charge in [0, 0.05) is 0 Å². The summed E-state index contributed by atoms with van der Waals surface area (Å²) in [5.74, 6) is -0.644. The molecule has 0 aromatic carbocycles. The summed E-state index contributed by atoms with van der Waals surface area (Å²) in [4.78, 5) is 20.3. The summed E-state index contributed by atoms with van der Waals surface area (Å²) in [5.41, 5.74) is 0. The predicted octanol–water partition coefficient (Wildman–Crippen LogP) is -0.778. The van der Waals surface area contributed by atoms with Crippen molar-refractivity contribution in [2.24, 2.45) is 0 Å². The Kier molecular flexibility index (Phi) is 9.21. The van der Waals surface area contributed by atoms with Crippen molar-refractivity contribution in [3.8, 4) is 0 Å². The van der Waals surface area contributed by atoms with Crippen LogP contribution in [0.15, 0.2) is 0 Å². The van der Waals surface area contributed by atoms with E-state index in [9.17, 15) is 9.59 Å². The molecule has 0 N–H and O–H groups in total. The average Bonchev–Trinajstić information content (AvgIpc) is 1.65. The third-order valence-corrected chi connectivity index (χ3v) is 0.621. The van der Waals surface area contributed by atoms with Gasteiger partial charge >= 0.3 is 51.5 Å². The molecule has 0 spiro atoms. The standard InChI is InChI=1S/C5H8O3.Sr.2H/c1-4(6)3-5(7)8-2;;;/h3H2,1-2H3;;;. The first-order valence-electron chi connectivity index (χ1n) is 2.23. The summed E-state index contributed by atoms with van der Waals surface area (Å²) in [5, 5.41) is 0. The van der Waals surface area contributed by atoms with Crippen molar-refractivity contribution in [2.75, 3.05) is 7.11 Å².